The van der Waals surface area contributed by atoms with Gasteiger partial charge in [0.15, 0.2) is 0 Å². The van der Waals surface area contributed by atoms with E-state index in [1.165, 1.54) is 77.7 Å². The van der Waals surface area contributed by atoms with Crippen molar-refractivity contribution in [3.63, 3.8) is 0 Å². The SMILES string of the molecule is NC1CCCC(CN2CCN3CCCCC3C2)C1. The van der Waals surface area contributed by atoms with Crippen molar-refractivity contribution in [2.24, 2.45) is 11.7 Å². The van der Waals surface area contributed by atoms with Gasteiger partial charge in [0.1, 0.15) is 0 Å². The standard InChI is InChI=1S/C15H29N3/c16-14-5-3-4-13(10-14)11-17-8-9-18-7-2-1-6-15(18)12-17/h13-15H,1-12,16H2. The molecule has 104 valence electrons. The number of hydrogen-bond acceptors (Lipinski definition) is 3. The summed E-state index contributed by atoms with van der Waals surface area (Å²) in [5.41, 5.74) is 6.11. The van der Waals surface area contributed by atoms with Crippen molar-refractivity contribution in [3.05, 3.63) is 0 Å². The summed E-state index contributed by atoms with van der Waals surface area (Å²) < 4.78 is 0. The Morgan fingerprint density at radius 2 is 1.89 bits per heavy atom. The minimum absolute atomic E-state index is 0.486. The Morgan fingerprint density at radius 1 is 0.944 bits per heavy atom. The Hall–Kier alpha value is -0.120. The Kier molecular flexibility index (Phi) is 4.22. The van der Waals surface area contributed by atoms with Gasteiger partial charge in [-0.3, -0.25) is 4.90 Å². The largest absolute Gasteiger partial charge is 0.328 e. The molecule has 0 aromatic rings. The minimum Gasteiger partial charge on any atom is -0.328 e. The summed E-state index contributed by atoms with van der Waals surface area (Å²) in [4.78, 5) is 5.46. The van der Waals surface area contributed by atoms with E-state index in [1.54, 1.807) is 0 Å². The molecule has 3 unspecified atom stereocenters. The van der Waals surface area contributed by atoms with Crippen LogP contribution in [0.2, 0.25) is 0 Å². The third-order valence-corrected chi connectivity index (χ3v) is 5.26. The van der Waals surface area contributed by atoms with Gasteiger partial charge in [-0.05, 0) is 44.6 Å². The third-order valence-electron chi connectivity index (χ3n) is 5.26. The predicted molar refractivity (Wildman–Crippen MR) is 75.6 cm³/mol. The molecular formula is C15H29N3. The average Bonchev–Trinajstić information content (AvgIpc) is 2.39. The number of hydrogen-bond donors (Lipinski definition) is 1. The number of fused-ring (bicyclic) bond motifs is 1. The molecule has 3 nitrogen and oxygen atoms in total. The number of rotatable bonds is 2. The normalized spacial score (nSPS) is 39.5. The molecule has 3 rings (SSSR count). The van der Waals surface area contributed by atoms with Crippen molar-refractivity contribution < 1.29 is 0 Å². The molecule has 0 aromatic heterocycles. The Morgan fingerprint density at radius 3 is 2.78 bits per heavy atom. The van der Waals surface area contributed by atoms with Gasteiger partial charge in [-0.1, -0.05) is 12.8 Å². The van der Waals surface area contributed by atoms with Gasteiger partial charge in [0, 0.05) is 38.3 Å². The van der Waals surface area contributed by atoms with E-state index in [1.807, 2.05) is 0 Å². The van der Waals surface area contributed by atoms with E-state index >= 15 is 0 Å². The van der Waals surface area contributed by atoms with Crippen molar-refractivity contribution in [2.45, 2.75) is 57.0 Å². The molecule has 2 aliphatic heterocycles. The molecule has 0 amide bonds. The van der Waals surface area contributed by atoms with E-state index in [9.17, 15) is 0 Å². The lowest BCUT2D eigenvalue weighted by Gasteiger charge is -2.45. The van der Waals surface area contributed by atoms with Crippen LogP contribution in [0.3, 0.4) is 0 Å². The van der Waals surface area contributed by atoms with Gasteiger partial charge >= 0.3 is 0 Å². The highest BCUT2D eigenvalue weighted by molar-refractivity contribution is 4.87. The summed E-state index contributed by atoms with van der Waals surface area (Å²) in [7, 11) is 0. The maximum atomic E-state index is 6.11. The summed E-state index contributed by atoms with van der Waals surface area (Å²) >= 11 is 0. The van der Waals surface area contributed by atoms with Crippen molar-refractivity contribution in [1.29, 1.82) is 0 Å². The van der Waals surface area contributed by atoms with Crippen LogP contribution >= 0.6 is 0 Å². The van der Waals surface area contributed by atoms with Gasteiger partial charge < -0.3 is 10.6 Å². The molecule has 2 saturated heterocycles. The second-order valence-electron chi connectivity index (χ2n) is 6.74. The molecule has 3 aliphatic rings. The van der Waals surface area contributed by atoms with Gasteiger partial charge in [-0.2, -0.15) is 0 Å². The van der Waals surface area contributed by atoms with Gasteiger partial charge in [0.2, 0.25) is 0 Å². The van der Waals surface area contributed by atoms with Crippen molar-refractivity contribution in [2.75, 3.05) is 32.7 Å². The van der Waals surface area contributed by atoms with Crippen molar-refractivity contribution >= 4 is 0 Å². The number of nitrogens with two attached hydrogens (primary N) is 1. The smallest absolute Gasteiger partial charge is 0.0223 e. The number of piperazine rings is 1. The maximum absolute atomic E-state index is 6.11. The Labute approximate surface area is 112 Å². The van der Waals surface area contributed by atoms with Crippen LogP contribution in [-0.2, 0) is 0 Å². The van der Waals surface area contributed by atoms with Crippen molar-refractivity contribution in [3.8, 4) is 0 Å². The maximum Gasteiger partial charge on any atom is 0.0223 e. The van der Waals surface area contributed by atoms with Crippen LogP contribution in [0, 0.1) is 5.92 Å². The van der Waals surface area contributed by atoms with Crippen LogP contribution < -0.4 is 5.73 Å². The molecule has 0 aromatic carbocycles. The molecule has 18 heavy (non-hydrogen) atoms. The highest BCUT2D eigenvalue weighted by Crippen LogP contribution is 2.26. The van der Waals surface area contributed by atoms with Crippen LogP contribution in [0.25, 0.3) is 0 Å². The second kappa shape index (κ2) is 5.89. The first-order chi connectivity index (χ1) is 8.81. The van der Waals surface area contributed by atoms with Crippen LogP contribution in [0.1, 0.15) is 44.9 Å². The first-order valence-corrected chi connectivity index (χ1v) is 8.03. The molecule has 0 spiro atoms. The van der Waals surface area contributed by atoms with Crippen LogP contribution in [-0.4, -0.2) is 54.6 Å². The van der Waals surface area contributed by atoms with Gasteiger partial charge in [-0.25, -0.2) is 0 Å². The fraction of sp³-hybridized carbons (Fsp3) is 1.00. The summed E-state index contributed by atoms with van der Waals surface area (Å²) in [6, 6.07) is 1.35. The predicted octanol–water partition coefficient (Wildman–Crippen LogP) is 1.67. The summed E-state index contributed by atoms with van der Waals surface area (Å²) in [5.74, 6) is 0.879. The van der Waals surface area contributed by atoms with E-state index < -0.39 is 0 Å². The Bertz CT molecular complexity index is 268. The molecular weight excluding hydrogens is 222 g/mol. The highest BCUT2D eigenvalue weighted by Gasteiger charge is 2.30. The zero-order valence-electron chi connectivity index (χ0n) is 11.7. The van der Waals surface area contributed by atoms with E-state index in [-0.39, 0.29) is 0 Å². The molecule has 2 N–H and O–H groups in total. The van der Waals surface area contributed by atoms with E-state index in [4.69, 9.17) is 5.73 Å². The summed E-state index contributed by atoms with van der Waals surface area (Å²) in [6.45, 7) is 6.60. The van der Waals surface area contributed by atoms with Crippen LogP contribution in [0.4, 0.5) is 0 Å². The molecule has 0 radical (unpaired) electrons. The highest BCUT2D eigenvalue weighted by atomic mass is 15.3. The monoisotopic (exact) mass is 251 g/mol. The number of nitrogens with zero attached hydrogens (tertiary/aromatic N) is 2. The molecule has 3 fully saturated rings. The molecule has 1 saturated carbocycles. The van der Waals surface area contributed by atoms with E-state index in [0.29, 0.717) is 6.04 Å². The van der Waals surface area contributed by atoms with Crippen LogP contribution in [0.5, 0.6) is 0 Å². The number of piperidine rings is 1. The minimum atomic E-state index is 0.486. The molecule has 3 atom stereocenters. The molecule has 1 aliphatic carbocycles. The Balaban J connectivity index is 1.48. The van der Waals surface area contributed by atoms with E-state index in [0.717, 1.165) is 12.0 Å². The van der Waals surface area contributed by atoms with Gasteiger partial charge in [-0.15, -0.1) is 0 Å². The molecule has 2 heterocycles. The zero-order chi connectivity index (χ0) is 12.4. The fourth-order valence-corrected chi connectivity index (χ4v) is 4.25. The summed E-state index contributed by atoms with van der Waals surface area (Å²) in [5, 5.41) is 0. The summed E-state index contributed by atoms with van der Waals surface area (Å²) in [6.07, 6.45) is 9.60. The second-order valence-corrected chi connectivity index (χ2v) is 6.74. The first-order valence-electron chi connectivity index (χ1n) is 8.03. The van der Waals surface area contributed by atoms with E-state index in [2.05, 4.69) is 9.80 Å². The fourth-order valence-electron chi connectivity index (χ4n) is 4.25. The third kappa shape index (κ3) is 3.06. The topological polar surface area (TPSA) is 32.5 Å². The lowest BCUT2D eigenvalue weighted by Crippen LogP contribution is -2.55. The lowest BCUT2D eigenvalue weighted by molar-refractivity contribution is 0.0379. The first kappa shape index (κ1) is 12.9. The zero-order valence-corrected chi connectivity index (χ0v) is 11.7. The van der Waals surface area contributed by atoms with Gasteiger partial charge in [0.25, 0.3) is 0 Å². The lowest BCUT2D eigenvalue weighted by atomic mass is 9.85. The molecule has 3 heteroatoms. The molecule has 0 bridgehead atoms. The quantitative estimate of drug-likeness (QED) is 0.810. The van der Waals surface area contributed by atoms with Gasteiger partial charge in [0.05, 0.1) is 0 Å². The van der Waals surface area contributed by atoms with Crippen LogP contribution in [0.15, 0.2) is 0 Å². The average molecular weight is 251 g/mol. The van der Waals surface area contributed by atoms with Crippen molar-refractivity contribution in [1.82, 2.24) is 9.80 Å².